The maximum absolute atomic E-state index is 15.6. The van der Waals surface area contributed by atoms with Crippen molar-refractivity contribution in [3.05, 3.63) is 12.7 Å². The van der Waals surface area contributed by atoms with Gasteiger partial charge in [0, 0.05) is 13.5 Å². The third-order valence-corrected chi connectivity index (χ3v) is 8.71. The number of imidazole rings is 1. The third kappa shape index (κ3) is 8.39. The van der Waals surface area contributed by atoms with E-state index in [0.29, 0.717) is 5.82 Å². The lowest BCUT2D eigenvalue weighted by molar-refractivity contribution is -0.155. The van der Waals surface area contributed by atoms with Crippen LogP contribution in [0.3, 0.4) is 0 Å². The van der Waals surface area contributed by atoms with Crippen molar-refractivity contribution in [2.24, 2.45) is 0 Å². The van der Waals surface area contributed by atoms with Gasteiger partial charge in [-0.25, -0.2) is 33.0 Å². The van der Waals surface area contributed by atoms with Gasteiger partial charge in [-0.15, -0.1) is 0 Å². The molecule has 19 nitrogen and oxygen atoms in total. The number of ketones is 1. The molecule has 0 bridgehead atoms. The fourth-order valence-electron chi connectivity index (χ4n) is 3.37. The van der Waals surface area contributed by atoms with E-state index in [1.165, 1.54) is 6.92 Å². The first-order chi connectivity index (χ1) is 18.0. The van der Waals surface area contributed by atoms with Gasteiger partial charge in [0.1, 0.15) is 23.7 Å². The number of rotatable bonds is 13. The van der Waals surface area contributed by atoms with Gasteiger partial charge < -0.3 is 39.2 Å². The summed E-state index contributed by atoms with van der Waals surface area (Å²) >= 11 is 0. The summed E-state index contributed by atoms with van der Waals surface area (Å²) < 4.78 is 73.7. The molecule has 6 atom stereocenters. The Hall–Kier alpha value is -2.21. The van der Waals surface area contributed by atoms with Crippen LogP contribution in [0.4, 0.5) is 10.2 Å². The first-order valence-corrected chi connectivity index (χ1v) is 15.2. The quantitative estimate of drug-likeness (QED) is 0.152. The van der Waals surface area contributed by atoms with Crippen molar-refractivity contribution < 1.29 is 69.9 Å². The molecule has 23 heteroatoms. The highest BCUT2D eigenvalue weighted by molar-refractivity contribution is 7.66. The van der Waals surface area contributed by atoms with Crippen molar-refractivity contribution >= 4 is 52.2 Å². The number of halogens is 1. The molecule has 0 aromatic carbocycles. The average molecular weight is 621 g/mol. The molecular formula is C16H23FN5O14P3. The lowest BCUT2D eigenvalue weighted by atomic mass is 10.1. The molecule has 0 saturated carbocycles. The molecule has 1 aliphatic heterocycles. The van der Waals surface area contributed by atoms with E-state index in [4.69, 9.17) is 19.3 Å². The number of fused-ring (bicyclic) bond motifs is 1. The number of carbonyl (C=O) groups excluding carboxylic acids is 2. The van der Waals surface area contributed by atoms with Crippen molar-refractivity contribution in [3.63, 3.8) is 0 Å². The Bertz CT molecular complexity index is 1370. The number of Topliss-reactive ketones (excluding diaryl/α,β-unsaturated/α-hetero) is 1. The van der Waals surface area contributed by atoms with Crippen LogP contribution in [0.15, 0.2) is 12.7 Å². The van der Waals surface area contributed by atoms with Gasteiger partial charge in [0.25, 0.3) is 0 Å². The maximum atomic E-state index is 15.6. The first kappa shape index (κ1) is 31.3. The summed E-state index contributed by atoms with van der Waals surface area (Å²) in [5.74, 6) is -1.07. The number of aromatic nitrogens is 4. The molecule has 1 saturated heterocycles. The predicted molar refractivity (Wildman–Crippen MR) is 123 cm³/mol. The van der Waals surface area contributed by atoms with E-state index in [2.05, 4.69) is 33.4 Å². The van der Waals surface area contributed by atoms with Crippen LogP contribution in [0.2, 0.25) is 0 Å². The van der Waals surface area contributed by atoms with Crippen molar-refractivity contribution in [2.45, 2.75) is 44.4 Å². The maximum Gasteiger partial charge on any atom is 0.490 e. The van der Waals surface area contributed by atoms with Crippen LogP contribution in [0.25, 0.3) is 11.2 Å². The largest absolute Gasteiger partial charge is 0.490 e. The summed E-state index contributed by atoms with van der Waals surface area (Å²) in [6.07, 6.45) is -5.53. The fraction of sp³-hybridized carbons (Fsp3) is 0.562. The van der Waals surface area contributed by atoms with Gasteiger partial charge in [0.15, 0.2) is 30.0 Å². The summed E-state index contributed by atoms with van der Waals surface area (Å²) in [4.78, 5) is 71.8. The molecule has 3 heterocycles. The zero-order chi connectivity index (χ0) is 29.2. The Balaban J connectivity index is 1.83. The number of esters is 1. The molecule has 1 fully saturated rings. The molecule has 0 radical (unpaired) electrons. The summed E-state index contributed by atoms with van der Waals surface area (Å²) in [7, 11) is -15.5. The first-order valence-electron chi connectivity index (χ1n) is 10.6. The zero-order valence-corrected chi connectivity index (χ0v) is 22.6. The number of ether oxygens (including phenoxy) is 2. The smallest absolute Gasteiger partial charge is 0.456 e. The van der Waals surface area contributed by atoms with E-state index in [9.17, 15) is 33.1 Å². The van der Waals surface area contributed by atoms with Crippen LogP contribution in [0.5, 0.6) is 0 Å². The number of phosphoric ester groups is 1. The summed E-state index contributed by atoms with van der Waals surface area (Å²) in [6.45, 7) is 0.117. The van der Waals surface area contributed by atoms with E-state index < -0.39 is 67.1 Å². The second kappa shape index (κ2) is 12.1. The molecule has 3 unspecified atom stereocenters. The van der Waals surface area contributed by atoms with Gasteiger partial charge >= 0.3 is 29.4 Å². The van der Waals surface area contributed by atoms with Crippen LogP contribution < -0.4 is 5.32 Å². The minimum Gasteiger partial charge on any atom is -0.456 e. The van der Waals surface area contributed by atoms with E-state index in [0.717, 1.165) is 17.2 Å². The fourth-order valence-corrected chi connectivity index (χ4v) is 6.40. The lowest BCUT2D eigenvalue weighted by Crippen LogP contribution is -2.36. The number of anilines is 1. The molecule has 0 aliphatic carbocycles. The van der Waals surface area contributed by atoms with Gasteiger partial charge in [-0.1, -0.05) is 0 Å². The Morgan fingerprint density at radius 1 is 1.10 bits per heavy atom. The van der Waals surface area contributed by atoms with Crippen LogP contribution in [-0.2, 0) is 45.9 Å². The van der Waals surface area contributed by atoms with Crippen LogP contribution in [0.1, 0.15) is 26.0 Å². The second-order valence-electron chi connectivity index (χ2n) is 7.85. The number of nitrogens with zero attached hydrogens (tertiary/aromatic N) is 4. The molecule has 2 aromatic heterocycles. The number of phosphoric acid groups is 3. The Labute approximate surface area is 218 Å². The SMILES string of the molecule is CNc1ncnc2c1ncn2[C@@H]1O[C@H](COP(=O)(O)OP(=O)(O)OP(=O)(O)O)C(OC(=O)CCC(C)=O)[C@@H]1F. The van der Waals surface area contributed by atoms with Crippen molar-refractivity contribution in [1.82, 2.24) is 19.5 Å². The molecule has 2 aromatic rings. The van der Waals surface area contributed by atoms with Crippen LogP contribution in [-0.4, -0.2) is 82.9 Å². The Morgan fingerprint density at radius 2 is 1.79 bits per heavy atom. The second-order valence-corrected chi connectivity index (χ2v) is 12.3. The van der Waals surface area contributed by atoms with E-state index in [1.807, 2.05) is 0 Å². The highest BCUT2D eigenvalue weighted by Gasteiger charge is 2.50. The average Bonchev–Trinajstić information content (AvgIpc) is 3.35. The topological polar surface area (TPSA) is 268 Å². The van der Waals surface area contributed by atoms with E-state index >= 15 is 4.39 Å². The molecular weight excluding hydrogens is 598 g/mol. The van der Waals surface area contributed by atoms with Gasteiger partial charge in [-0.05, 0) is 6.92 Å². The van der Waals surface area contributed by atoms with Crippen LogP contribution >= 0.6 is 23.5 Å². The molecule has 39 heavy (non-hydrogen) atoms. The van der Waals surface area contributed by atoms with Crippen molar-refractivity contribution in [2.75, 3.05) is 19.0 Å². The summed E-state index contributed by atoms with van der Waals surface area (Å²) in [5, 5.41) is 2.77. The molecule has 0 spiro atoms. The number of hydrogen-bond acceptors (Lipinski definition) is 14. The normalized spacial score (nSPS) is 24.7. The molecule has 5 N–H and O–H groups in total. The summed E-state index contributed by atoms with van der Waals surface area (Å²) in [6, 6.07) is 0. The molecule has 0 amide bonds. The van der Waals surface area contributed by atoms with E-state index in [-0.39, 0.29) is 23.4 Å². The monoisotopic (exact) mass is 621 g/mol. The Kier molecular flexibility index (Phi) is 9.73. The van der Waals surface area contributed by atoms with Crippen LogP contribution in [0, 0.1) is 0 Å². The molecule has 3 rings (SSSR count). The number of alkyl halides is 1. The standard InChI is InChI=1S/C16H23FN5O14P3/c1-8(23)3-4-10(24)34-13-9(5-32-38(28,29)36-39(30,31)35-37(25,26)27)33-16(11(13)17)22-7-21-12-14(18-2)19-6-20-15(12)22/h6-7,9,11,13,16H,3-5H2,1-2H3,(H,28,29)(H,30,31)(H,18,19,20)(H2,25,26,27)/t9-,11+,13?,16-/m1/s1. The van der Waals surface area contributed by atoms with Crippen molar-refractivity contribution in [1.29, 1.82) is 0 Å². The number of nitrogens with one attached hydrogen (secondary N) is 1. The number of carbonyl (C=O) groups is 2. The molecule has 1 aliphatic rings. The zero-order valence-electron chi connectivity index (χ0n) is 20.0. The molecule has 218 valence electrons. The van der Waals surface area contributed by atoms with Gasteiger partial charge in [-0.3, -0.25) is 13.9 Å². The third-order valence-electron chi connectivity index (χ3n) is 4.90. The van der Waals surface area contributed by atoms with Gasteiger partial charge in [0.2, 0.25) is 0 Å². The minimum atomic E-state index is -5.82. The highest BCUT2D eigenvalue weighted by Crippen LogP contribution is 2.66. The van der Waals surface area contributed by atoms with Crippen molar-refractivity contribution in [3.8, 4) is 0 Å². The van der Waals surface area contributed by atoms with Gasteiger partial charge in [0.05, 0.1) is 19.4 Å². The van der Waals surface area contributed by atoms with Gasteiger partial charge in [-0.2, -0.15) is 8.62 Å². The Morgan fingerprint density at radius 3 is 2.41 bits per heavy atom. The predicted octanol–water partition coefficient (Wildman–Crippen LogP) is 0.728. The highest BCUT2D eigenvalue weighted by atomic mass is 31.3. The summed E-state index contributed by atoms with van der Waals surface area (Å²) in [5.41, 5.74) is 0.319. The minimum absolute atomic E-state index is 0.0946. The number of hydrogen-bond donors (Lipinski definition) is 5. The van der Waals surface area contributed by atoms with E-state index in [1.54, 1.807) is 7.05 Å². The lowest BCUT2D eigenvalue weighted by Gasteiger charge is -2.21.